The Hall–Kier alpha value is -3.08. The number of anilines is 1. The van der Waals surface area contributed by atoms with Crippen LogP contribution >= 0.6 is 0 Å². The largest absolute Gasteiger partial charge is 0.496 e. The van der Waals surface area contributed by atoms with E-state index in [0.717, 1.165) is 57.6 Å². The predicted octanol–water partition coefficient (Wildman–Crippen LogP) is 5.37. The van der Waals surface area contributed by atoms with E-state index < -0.39 is 0 Å². The molecule has 150 valence electrons. The van der Waals surface area contributed by atoms with Crippen molar-refractivity contribution in [3.05, 3.63) is 58.5 Å². The number of fused-ring (bicyclic) bond motifs is 3. The van der Waals surface area contributed by atoms with Crippen LogP contribution in [-0.2, 0) is 17.6 Å². The number of nitrogens with one attached hydrogen (secondary N) is 1. The van der Waals surface area contributed by atoms with Crippen LogP contribution in [0.4, 0.5) is 5.82 Å². The van der Waals surface area contributed by atoms with Crippen molar-refractivity contribution in [1.82, 2.24) is 4.98 Å². The van der Waals surface area contributed by atoms with Gasteiger partial charge in [-0.25, -0.2) is 4.98 Å². The molecule has 0 fully saturated rings. The second-order valence-corrected chi connectivity index (χ2v) is 7.71. The molecule has 0 atom stereocenters. The van der Waals surface area contributed by atoms with E-state index in [1.165, 1.54) is 18.4 Å². The third-order valence-corrected chi connectivity index (χ3v) is 5.57. The molecular weight excluding hydrogens is 364 g/mol. The van der Waals surface area contributed by atoms with E-state index in [1.807, 2.05) is 26.8 Å². The highest BCUT2D eigenvalue weighted by Gasteiger charge is 2.23. The molecule has 1 aliphatic rings. The zero-order chi connectivity index (χ0) is 20.5. The molecule has 3 aromatic rings. The van der Waals surface area contributed by atoms with Crippen molar-refractivity contribution in [2.24, 2.45) is 0 Å². The Bertz CT molecular complexity index is 1110. The Morgan fingerprint density at radius 1 is 1.24 bits per heavy atom. The van der Waals surface area contributed by atoms with Gasteiger partial charge in [-0.3, -0.25) is 4.79 Å². The number of hydrogen-bond donors (Lipinski definition) is 1. The van der Waals surface area contributed by atoms with Gasteiger partial charge in [0.2, 0.25) is 5.91 Å². The monoisotopic (exact) mass is 390 g/mol. The fourth-order valence-corrected chi connectivity index (χ4v) is 4.07. The first-order valence-electron chi connectivity index (χ1n) is 10.0. The van der Waals surface area contributed by atoms with Crippen molar-refractivity contribution in [3.63, 3.8) is 0 Å². The molecular formula is C24H26N2O3. The minimum Gasteiger partial charge on any atom is -0.496 e. The number of carbonyl (C=O) groups is 1. The SMILES string of the molecule is COc1c(/C(C)=C/C(=O)Nc2ccc(C)cn2)cc2c3c(oc2c1C)CCCC3. The zero-order valence-electron chi connectivity index (χ0n) is 17.4. The van der Waals surface area contributed by atoms with Crippen LogP contribution < -0.4 is 10.1 Å². The highest BCUT2D eigenvalue weighted by atomic mass is 16.5. The normalized spacial score (nSPS) is 14.0. The molecule has 1 aromatic carbocycles. The molecule has 29 heavy (non-hydrogen) atoms. The van der Waals surface area contributed by atoms with Gasteiger partial charge in [-0.05, 0) is 63.3 Å². The molecule has 2 aromatic heterocycles. The van der Waals surface area contributed by atoms with E-state index in [0.29, 0.717) is 5.82 Å². The molecule has 0 aliphatic heterocycles. The average Bonchev–Trinajstić information content (AvgIpc) is 3.08. The van der Waals surface area contributed by atoms with Crippen molar-refractivity contribution >= 4 is 28.3 Å². The molecule has 2 heterocycles. The third-order valence-electron chi connectivity index (χ3n) is 5.57. The second-order valence-electron chi connectivity index (χ2n) is 7.71. The highest BCUT2D eigenvalue weighted by molar-refractivity contribution is 6.04. The number of ether oxygens (including phenoxy) is 1. The maximum Gasteiger partial charge on any atom is 0.249 e. The number of benzene rings is 1. The number of aryl methyl sites for hydroxylation is 4. The van der Waals surface area contributed by atoms with Crippen LogP contribution in [-0.4, -0.2) is 18.0 Å². The van der Waals surface area contributed by atoms with Gasteiger partial charge < -0.3 is 14.5 Å². The summed E-state index contributed by atoms with van der Waals surface area (Å²) in [4.78, 5) is 16.8. The molecule has 0 saturated carbocycles. The van der Waals surface area contributed by atoms with Crippen molar-refractivity contribution < 1.29 is 13.9 Å². The molecule has 1 aliphatic carbocycles. The molecule has 4 rings (SSSR count). The number of aromatic nitrogens is 1. The maximum atomic E-state index is 12.5. The molecule has 1 amide bonds. The Kier molecular flexibility index (Phi) is 5.14. The quantitative estimate of drug-likeness (QED) is 0.608. The smallest absolute Gasteiger partial charge is 0.249 e. The van der Waals surface area contributed by atoms with Crippen molar-refractivity contribution in [2.45, 2.75) is 46.5 Å². The number of amides is 1. The van der Waals surface area contributed by atoms with Crippen molar-refractivity contribution in [3.8, 4) is 5.75 Å². The molecule has 0 saturated heterocycles. The van der Waals surface area contributed by atoms with Gasteiger partial charge in [-0.2, -0.15) is 0 Å². The number of hydrogen-bond acceptors (Lipinski definition) is 4. The van der Waals surface area contributed by atoms with E-state index in [2.05, 4.69) is 16.4 Å². The van der Waals surface area contributed by atoms with Crippen molar-refractivity contribution in [1.29, 1.82) is 0 Å². The van der Waals surface area contributed by atoms with Crippen LogP contribution in [0.5, 0.6) is 5.75 Å². The number of pyridine rings is 1. The van der Waals surface area contributed by atoms with Gasteiger partial charge in [0.15, 0.2) is 0 Å². The molecule has 5 nitrogen and oxygen atoms in total. The summed E-state index contributed by atoms with van der Waals surface area (Å²) in [5.41, 5.74) is 5.98. The number of allylic oxidation sites excluding steroid dienone is 1. The van der Waals surface area contributed by atoms with Crippen LogP contribution in [0, 0.1) is 13.8 Å². The minimum atomic E-state index is -0.215. The third kappa shape index (κ3) is 3.65. The van der Waals surface area contributed by atoms with Crippen LogP contribution in [0.3, 0.4) is 0 Å². The fraction of sp³-hybridized carbons (Fsp3) is 0.333. The van der Waals surface area contributed by atoms with Gasteiger partial charge in [-0.1, -0.05) is 6.07 Å². The lowest BCUT2D eigenvalue weighted by Gasteiger charge is -2.13. The average molecular weight is 390 g/mol. The summed E-state index contributed by atoms with van der Waals surface area (Å²) in [5, 5.41) is 3.96. The van der Waals surface area contributed by atoms with Crippen LogP contribution in [0.25, 0.3) is 16.5 Å². The maximum absolute atomic E-state index is 12.5. The number of methoxy groups -OCH3 is 1. The summed E-state index contributed by atoms with van der Waals surface area (Å²) in [7, 11) is 1.66. The molecule has 1 N–H and O–H groups in total. The van der Waals surface area contributed by atoms with Crippen LogP contribution in [0.1, 0.15) is 47.8 Å². The first-order valence-corrected chi connectivity index (χ1v) is 10.0. The number of rotatable bonds is 4. The van der Waals surface area contributed by atoms with E-state index >= 15 is 0 Å². The molecule has 0 spiro atoms. The van der Waals surface area contributed by atoms with E-state index in [-0.39, 0.29) is 5.91 Å². The Labute approximate surface area is 170 Å². The number of carbonyl (C=O) groups excluding carboxylic acids is 1. The predicted molar refractivity (Wildman–Crippen MR) is 115 cm³/mol. The molecule has 0 unspecified atom stereocenters. The highest BCUT2D eigenvalue weighted by Crippen LogP contribution is 2.41. The summed E-state index contributed by atoms with van der Waals surface area (Å²) >= 11 is 0. The summed E-state index contributed by atoms with van der Waals surface area (Å²) in [6.45, 7) is 5.91. The fourth-order valence-electron chi connectivity index (χ4n) is 4.07. The lowest BCUT2D eigenvalue weighted by Crippen LogP contribution is -2.10. The van der Waals surface area contributed by atoms with Crippen LogP contribution in [0.2, 0.25) is 0 Å². The Morgan fingerprint density at radius 2 is 2.03 bits per heavy atom. The number of nitrogens with zero attached hydrogens (tertiary/aromatic N) is 1. The van der Waals surface area contributed by atoms with E-state index in [9.17, 15) is 4.79 Å². The minimum absolute atomic E-state index is 0.215. The molecule has 0 radical (unpaired) electrons. The Balaban J connectivity index is 1.72. The van der Waals surface area contributed by atoms with Gasteiger partial charge >= 0.3 is 0 Å². The van der Waals surface area contributed by atoms with Crippen LogP contribution in [0.15, 0.2) is 34.9 Å². The summed E-state index contributed by atoms with van der Waals surface area (Å²) in [5.74, 6) is 2.16. The molecule has 5 heteroatoms. The van der Waals surface area contributed by atoms with Gasteiger partial charge in [-0.15, -0.1) is 0 Å². The van der Waals surface area contributed by atoms with E-state index in [4.69, 9.17) is 9.15 Å². The zero-order valence-corrected chi connectivity index (χ0v) is 17.4. The first-order chi connectivity index (χ1) is 14.0. The summed E-state index contributed by atoms with van der Waals surface area (Å²) < 4.78 is 11.9. The van der Waals surface area contributed by atoms with E-state index in [1.54, 1.807) is 25.4 Å². The summed E-state index contributed by atoms with van der Waals surface area (Å²) in [6, 6.07) is 5.82. The lowest BCUT2D eigenvalue weighted by atomic mass is 9.93. The number of furan rings is 1. The van der Waals surface area contributed by atoms with Gasteiger partial charge in [0.05, 0.1) is 7.11 Å². The Morgan fingerprint density at radius 3 is 2.76 bits per heavy atom. The van der Waals surface area contributed by atoms with Crippen molar-refractivity contribution in [2.75, 3.05) is 12.4 Å². The molecule has 0 bridgehead atoms. The lowest BCUT2D eigenvalue weighted by molar-refractivity contribution is -0.111. The standard InChI is InChI=1S/C24H26N2O3/c1-14-9-10-21(25-13-14)26-22(27)11-15(2)18-12-19-17-7-5-6-8-20(17)29-24(19)16(3)23(18)28-4/h9-13H,5-8H2,1-4H3,(H,25,26,27)/b15-11+. The van der Waals surface area contributed by atoms with Gasteiger partial charge in [0, 0.05) is 40.8 Å². The van der Waals surface area contributed by atoms with Gasteiger partial charge in [0.25, 0.3) is 0 Å². The topological polar surface area (TPSA) is 64.4 Å². The summed E-state index contributed by atoms with van der Waals surface area (Å²) in [6.07, 6.45) is 7.70. The first kappa shape index (κ1) is 19.2. The second kappa shape index (κ2) is 7.74. The van der Waals surface area contributed by atoms with Gasteiger partial charge in [0.1, 0.15) is 22.9 Å².